The van der Waals surface area contributed by atoms with Crippen molar-refractivity contribution >= 4 is 17.4 Å². The Morgan fingerprint density at radius 1 is 1.13 bits per heavy atom. The van der Waals surface area contributed by atoms with Crippen LogP contribution in [0.1, 0.15) is 73.7 Å². The molecule has 0 bridgehead atoms. The van der Waals surface area contributed by atoms with E-state index in [0.29, 0.717) is 24.5 Å². The second-order valence-electron chi connectivity index (χ2n) is 9.48. The van der Waals surface area contributed by atoms with Crippen molar-refractivity contribution in [1.82, 2.24) is 9.97 Å². The highest BCUT2D eigenvalue weighted by Gasteiger charge is 2.44. The number of hydrogen-bond donors (Lipinski definition) is 1. The Morgan fingerprint density at radius 3 is 2.57 bits per heavy atom. The molecule has 2 aromatic rings. The molecule has 3 aliphatic rings. The molecule has 2 N–H and O–H groups in total. The first-order valence-corrected chi connectivity index (χ1v) is 11.2. The summed E-state index contributed by atoms with van der Waals surface area (Å²) in [5, 5.41) is 0. The molecule has 1 amide bonds. The van der Waals surface area contributed by atoms with Crippen molar-refractivity contribution in [2.24, 2.45) is 11.3 Å². The summed E-state index contributed by atoms with van der Waals surface area (Å²) in [6.45, 7) is 3.45. The molecule has 0 saturated heterocycles. The first-order chi connectivity index (χ1) is 14.5. The Kier molecular flexibility index (Phi) is 4.88. The minimum absolute atomic E-state index is 0.162. The van der Waals surface area contributed by atoms with Crippen LogP contribution in [0.3, 0.4) is 0 Å². The molecule has 1 aromatic carbocycles. The Hall–Kier alpha value is -2.63. The van der Waals surface area contributed by atoms with Crippen LogP contribution in [0.2, 0.25) is 0 Å². The molecule has 2 aliphatic carbocycles. The highest BCUT2D eigenvalue weighted by Crippen LogP contribution is 2.56. The molecule has 0 atom stereocenters. The van der Waals surface area contributed by atoms with Gasteiger partial charge in [-0.3, -0.25) is 4.79 Å². The number of nitrogen functional groups attached to an aromatic ring is 1. The average Bonchev–Trinajstić information content (AvgIpc) is 2.72. The fraction of sp³-hybridized carbons (Fsp3) is 0.542. The van der Waals surface area contributed by atoms with Crippen LogP contribution in [-0.4, -0.2) is 29.0 Å². The summed E-state index contributed by atoms with van der Waals surface area (Å²) in [5.41, 5.74) is 9.18. The average molecular weight is 407 g/mol. The predicted octanol–water partition coefficient (Wildman–Crippen LogP) is 4.56. The molecule has 158 valence electrons. The number of anilines is 2. The van der Waals surface area contributed by atoms with E-state index in [-0.39, 0.29) is 23.2 Å². The third-order valence-corrected chi connectivity index (χ3v) is 7.35. The second-order valence-corrected chi connectivity index (χ2v) is 9.48. The second kappa shape index (κ2) is 7.56. The summed E-state index contributed by atoms with van der Waals surface area (Å²) in [6, 6.07) is 8.56. The van der Waals surface area contributed by atoms with E-state index in [1.165, 1.54) is 50.4 Å². The van der Waals surface area contributed by atoms with E-state index >= 15 is 0 Å². The van der Waals surface area contributed by atoms with Gasteiger partial charge in [0.1, 0.15) is 17.7 Å². The lowest BCUT2D eigenvalue weighted by Crippen LogP contribution is -2.38. The summed E-state index contributed by atoms with van der Waals surface area (Å²) in [5.74, 6) is 1.80. The molecule has 2 saturated carbocycles. The number of nitrogens with two attached hydrogens (primary N) is 1. The molecule has 1 aromatic heterocycles. The van der Waals surface area contributed by atoms with Gasteiger partial charge in [0.25, 0.3) is 5.91 Å². The summed E-state index contributed by atoms with van der Waals surface area (Å²) >= 11 is 0. The summed E-state index contributed by atoms with van der Waals surface area (Å²) in [7, 11) is 0. The summed E-state index contributed by atoms with van der Waals surface area (Å²) in [6.07, 6.45) is 10.2. The number of nitrogens with zero attached hydrogens (tertiary/aromatic N) is 3. The first-order valence-electron chi connectivity index (χ1n) is 11.2. The third kappa shape index (κ3) is 3.42. The summed E-state index contributed by atoms with van der Waals surface area (Å²) in [4.78, 5) is 23.1. The zero-order chi connectivity index (χ0) is 20.7. The van der Waals surface area contributed by atoms with Crippen molar-refractivity contribution in [2.75, 3.05) is 23.8 Å². The van der Waals surface area contributed by atoms with Crippen LogP contribution in [0.25, 0.3) is 0 Å². The van der Waals surface area contributed by atoms with Crippen molar-refractivity contribution in [3.63, 3.8) is 0 Å². The van der Waals surface area contributed by atoms with E-state index in [1.54, 1.807) is 4.90 Å². The van der Waals surface area contributed by atoms with Gasteiger partial charge in [0, 0.05) is 12.2 Å². The van der Waals surface area contributed by atoms with Crippen molar-refractivity contribution in [1.29, 1.82) is 0 Å². The van der Waals surface area contributed by atoms with E-state index in [9.17, 15) is 4.79 Å². The Bertz CT molecular complexity index is 927. The molecule has 2 fully saturated rings. The molecule has 0 radical (unpaired) electrons. The van der Waals surface area contributed by atoms with Crippen molar-refractivity contribution < 1.29 is 9.53 Å². The zero-order valence-corrected chi connectivity index (χ0v) is 17.6. The number of carbonyl (C=O) groups excluding carboxylic acids is 1. The van der Waals surface area contributed by atoms with Crippen LogP contribution >= 0.6 is 0 Å². The van der Waals surface area contributed by atoms with Gasteiger partial charge in [-0.05, 0) is 79.9 Å². The number of rotatable bonds is 2. The number of amides is 1. The molecule has 1 aliphatic heterocycles. The molecular weight excluding hydrogens is 376 g/mol. The highest BCUT2D eigenvalue weighted by atomic mass is 16.5. The van der Waals surface area contributed by atoms with E-state index in [1.807, 2.05) is 0 Å². The van der Waals surface area contributed by atoms with E-state index in [0.717, 1.165) is 18.0 Å². The van der Waals surface area contributed by atoms with Gasteiger partial charge >= 0.3 is 0 Å². The minimum Gasteiger partial charge on any atom is -0.477 e. The van der Waals surface area contributed by atoms with Crippen molar-refractivity contribution in [3.8, 4) is 5.88 Å². The Morgan fingerprint density at radius 2 is 1.87 bits per heavy atom. The van der Waals surface area contributed by atoms with Crippen LogP contribution in [0, 0.1) is 11.3 Å². The van der Waals surface area contributed by atoms with Crippen LogP contribution in [0.4, 0.5) is 11.5 Å². The van der Waals surface area contributed by atoms with Gasteiger partial charge in [-0.2, -0.15) is 0 Å². The predicted molar refractivity (Wildman–Crippen MR) is 117 cm³/mol. The zero-order valence-electron chi connectivity index (χ0n) is 17.6. The molecule has 0 unspecified atom stereocenters. The minimum atomic E-state index is -0.200. The van der Waals surface area contributed by atoms with E-state index in [4.69, 9.17) is 10.5 Å². The lowest BCUT2D eigenvalue weighted by molar-refractivity contribution is 0.0185. The lowest BCUT2D eigenvalue weighted by atomic mass is 9.55. The van der Waals surface area contributed by atoms with Gasteiger partial charge in [-0.1, -0.05) is 19.1 Å². The SMILES string of the molecule is CC1CC2(CCC(c3ccc(N4CCCOc5ncnc(N)c5C4=O)cc3)CC2)C1. The quantitative estimate of drug-likeness (QED) is 0.790. The van der Waals surface area contributed by atoms with Gasteiger partial charge in [-0.15, -0.1) is 0 Å². The fourth-order valence-electron chi connectivity index (χ4n) is 5.88. The number of ether oxygens (including phenoxy) is 1. The molecule has 30 heavy (non-hydrogen) atoms. The van der Waals surface area contributed by atoms with Crippen LogP contribution in [0.5, 0.6) is 5.88 Å². The largest absolute Gasteiger partial charge is 0.477 e. The van der Waals surface area contributed by atoms with Gasteiger partial charge in [0.05, 0.1) is 6.61 Å². The maximum absolute atomic E-state index is 13.2. The smallest absolute Gasteiger partial charge is 0.267 e. The summed E-state index contributed by atoms with van der Waals surface area (Å²) < 4.78 is 5.62. The molecule has 1 spiro atoms. The topological polar surface area (TPSA) is 81.3 Å². The van der Waals surface area contributed by atoms with Crippen molar-refractivity contribution in [3.05, 3.63) is 41.7 Å². The number of carbonyl (C=O) groups is 1. The van der Waals surface area contributed by atoms with Crippen LogP contribution in [0.15, 0.2) is 30.6 Å². The number of benzene rings is 1. The Balaban J connectivity index is 1.33. The lowest BCUT2D eigenvalue weighted by Gasteiger charge is -2.51. The van der Waals surface area contributed by atoms with Crippen molar-refractivity contribution in [2.45, 2.75) is 57.8 Å². The molecule has 6 nitrogen and oxygen atoms in total. The van der Waals surface area contributed by atoms with Gasteiger partial charge in [0.15, 0.2) is 0 Å². The maximum Gasteiger partial charge on any atom is 0.267 e. The monoisotopic (exact) mass is 406 g/mol. The number of fused-ring (bicyclic) bond motifs is 1. The highest BCUT2D eigenvalue weighted by molar-refractivity contribution is 6.10. The molecule has 6 heteroatoms. The van der Waals surface area contributed by atoms with E-state index in [2.05, 4.69) is 41.2 Å². The van der Waals surface area contributed by atoms with Gasteiger partial charge < -0.3 is 15.4 Å². The normalized spacial score (nSPS) is 28.8. The van der Waals surface area contributed by atoms with Gasteiger partial charge in [0.2, 0.25) is 5.88 Å². The Labute approximate surface area is 177 Å². The molecule has 5 rings (SSSR count). The number of hydrogen-bond acceptors (Lipinski definition) is 5. The van der Waals surface area contributed by atoms with Gasteiger partial charge in [-0.25, -0.2) is 9.97 Å². The molecular formula is C24H30N4O2. The standard InChI is InChI=1S/C24H30N4O2/c1-16-13-24(14-16)9-7-18(8-10-24)17-3-5-19(6-4-17)28-11-2-12-30-22-20(23(28)29)21(25)26-15-27-22/h3-6,15-16,18H,2,7-14H2,1H3,(H2,25,26,27). The third-order valence-electron chi connectivity index (χ3n) is 7.35. The fourth-order valence-corrected chi connectivity index (χ4v) is 5.88. The molecule has 2 heterocycles. The van der Waals surface area contributed by atoms with Crippen LogP contribution in [-0.2, 0) is 0 Å². The number of aromatic nitrogens is 2. The maximum atomic E-state index is 13.2. The van der Waals surface area contributed by atoms with Crippen LogP contribution < -0.4 is 15.4 Å². The van der Waals surface area contributed by atoms with E-state index < -0.39 is 0 Å². The first kappa shape index (κ1) is 19.3.